The zero-order chi connectivity index (χ0) is 14.8. The first-order chi connectivity index (χ1) is 9.36. The van der Waals surface area contributed by atoms with E-state index in [1.54, 1.807) is 6.92 Å². The van der Waals surface area contributed by atoms with Crippen molar-refractivity contribution in [1.29, 1.82) is 0 Å². The smallest absolute Gasteiger partial charge is 0.313 e. The molecule has 1 amide bonds. The van der Waals surface area contributed by atoms with E-state index < -0.39 is 23.0 Å². The highest BCUT2D eigenvalue weighted by Gasteiger charge is 2.47. The van der Waals surface area contributed by atoms with E-state index in [1.807, 2.05) is 0 Å². The van der Waals surface area contributed by atoms with Gasteiger partial charge in [0.15, 0.2) is 0 Å². The third-order valence-electron chi connectivity index (χ3n) is 4.64. The number of carboxylic acids is 1. The number of hydrogen-bond acceptors (Lipinski definition) is 4. The summed E-state index contributed by atoms with van der Waals surface area (Å²) in [6.07, 6.45) is 5.27. The van der Waals surface area contributed by atoms with Crippen LogP contribution in [0.5, 0.6) is 0 Å². The molecule has 0 aromatic heterocycles. The fourth-order valence-corrected chi connectivity index (χ4v) is 3.08. The molecule has 0 spiro atoms. The lowest BCUT2D eigenvalue weighted by Gasteiger charge is -2.34. The van der Waals surface area contributed by atoms with E-state index in [-0.39, 0.29) is 25.5 Å². The molecular formula is C14H24N2O4. The van der Waals surface area contributed by atoms with Gasteiger partial charge in [0.2, 0.25) is 5.91 Å². The van der Waals surface area contributed by atoms with Crippen LogP contribution in [-0.2, 0) is 14.3 Å². The van der Waals surface area contributed by atoms with E-state index in [4.69, 9.17) is 10.5 Å². The van der Waals surface area contributed by atoms with Crippen LogP contribution >= 0.6 is 0 Å². The first kappa shape index (κ1) is 15.3. The van der Waals surface area contributed by atoms with Crippen molar-refractivity contribution in [3.05, 3.63) is 0 Å². The molecule has 2 aliphatic rings. The molecule has 6 heteroatoms. The van der Waals surface area contributed by atoms with Crippen LogP contribution in [0.4, 0.5) is 0 Å². The number of nitrogens with two attached hydrogens (primary N) is 1. The lowest BCUT2D eigenvalue weighted by Crippen LogP contribution is -2.52. The molecule has 2 rings (SSSR count). The summed E-state index contributed by atoms with van der Waals surface area (Å²) in [4.78, 5) is 23.5. The second-order valence-corrected chi connectivity index (χ2v) is 6.46. The summed E-state index contributed by atoms with van der Waals surface area (Å²) < 4.78 is 5.22. The Bertz CT molecular complexity index is 393. The third kappa shape index (κ3) is 3.12. The Morgan fingerprint density at radius 3 is 2.60 bits per heavy atom. The summed E-state index contributed by atoms with van der Waals surface area (Å²) in [7, 11) is 0. The molecule has 6 nitrogen and oxygen atoms in total. The van der Waals surface area contributed by atoms with Gasteiger partial charge in [-0.05, 0) is 19.8 Å². The topological polar surface area (TPSA) is 102 Å². The largest absolute Gasteiger partial charge is 0.481 e. The predicted molar refractivity (Wildman–Crippen MR) is 73.1 cm³/mol. The molecular weight excluding hydrogens is 260 g/mol. The molecule has 1 saturated heterocycles. The Morgan fingerprint density at radius 2 is 2.00 bits per heavy atom. The van der Waals surface area contributed by atoms with E-state index in [9.17, 15) is 14.7 Å². The molecule has 2 atom stereocenters. The minimum Gasteiger partial charge on any atom is -0.481 e. The van der Waals surface area contributed by atoms with Crippen molar-refractivity contribution in [1.82, 2.24) is 5.32 Å². The van der Waals surface area contributed by atoms with Gasteiger partial charge in [0.05, 0.1) is 19.3 Å². The van der Waals surface area contributed by atoms with Gasteiger partial charge in [0.1, 0.15) is 5.41 Å². The van der Waals surface area contributed by atoms with Gasteiger partial charge in [0, 0.05) is 12.0 Å². The van der Waals surface area contributed by atoms with Crippen LogP contribution in [0, 0.1) is 5.41 Å². The number of carboxylic acid groups (broad SMARTS) is 1. The van der Waals surface area contributed by atoms with Gasteiger partial charge in [-0.25, -0.2) is 0 Å². The highest BCUT2D eigenvalue weighted by atomic mass is 16.5. The summed E-state index contributed by atoms with van der Waals surface area (Å²) in [6, 6.07) is -0.486. The number of carbonyl (C=O) groups excluding carboxylic acids is 1. The normalized spacial score (nSPS) is 32.8. The average molecular weight is 284 g/mol. The molecule has 0 radical (unpaired) electrons. The fourth-order valence-electron chi connectivity index (χ4n) is 3.08. The maximum absolute atomic E-state index is 12.1. The van der Waals surface area contributed by atoms with Crippen LogP contribution in [0.2, 0.25) is 0 Å². The molecule has 1 aliphatic heterocycles. The second-order valence-electron chi connectivity index (χ2n) is 6.46. The summed E-state index contributed by atoms with van der Waals surface area (Å²) in [5.41, 5.74) is 4.77. The first-order valence-electron chi connectivity index (χ1n) is 7.25. The zero-order valence-electron chi connectivity index (χ0n) is 12.0. The van der Waals surface area contributed by atoms with Crippen LogP contribution in [0.3, 0.4) is 0 Å². The quantitative estimate of drug-likeness (QED) is 0.703. The maximum Gasteiger partial charge on any atom is 0.313 e. The zero-order valence-corrected chi connectivity index (χ0v) is 12.0. The lowest BCUT2D eigenvalue weighted by atomic mass is 9.79. The Morgan fingerprint density at radius 1 is 1.35 bits per heavy atom. The number of amides is 1. The monoisotopic (exact) mass is 284 g/mol. The van der Waals surface area contributed by atoms with Crippen molar-refractivity contribution >= 4 is 11.9 Å². The third-order valence-corrected chi connectivity index (χ3v) is 4.64. The molecule has 2 fully saturated rings. The first-order valence-corrected chi connectivity index (χ1v) is 7.25. The summed E-state index contributed by atoms with van der Waals surface area (Å²) in [6.45, 7) is 1.97. The highest BCUT2D eigenvalue weighted by Crippen LogP contribution is 2.31. The molecule has 0 bridgehead atoms. The van der Waals surface area contributed by atoms with Crippen molar-refractivity contribution in [2.24, 2.45) is 11.1 Å². The van der Waals surface area contributed by atoms with Crippen LogP contribution in [0.25, 0.3) is 0 Å². The Balaban J connectivity index is 1.92. The summed E-state index contributed by atoms with van der Waals surface area (Å²) >= 11 is 0. The summed E-state index contributed by atoms with van der Waals surface area (Å²) in [5.74, 6) is -1.11. The van der Waals surface area contributed by atoms with Crippen LogP contribution < -0.4 is 11.1 Å². The molecule has 0 aromatic rings. The predicted octanol–water partition coefficient (Wildman–Crippen LogP) is 0.644. The Kier molecular flexibility index (Phi) is 4.34. The van der Waals surface area contributed by atoms with Crippen molar-refractivity contribution < 1.29 is 19.4 Å². The average Bonchev–Trinajstić information content (AvgIpc) is 2.72. The van der Waals surface area contributed by atoms with Gasteiger partial charge in [-0.15, -0.1) is 0 Å². The van der Waals surface area contributed by atoms with Gasteiger partial charge in [-0.1, -0.05) is 19.3 Å². The van der Waals surface area contributed by atoms with Crippen molar-refractivity contribution in [2.45, 2.75) is 57.0 Å². The number of rotatable bonds is 4. The van der Waals surface area contributed by atoms with E-state index in [0.29, 0.717) is 0 Å². The van der Waals surface area contributed by atoms with Crippen molar-refractivity contribution in [3.63, 3.8) is 0 Å². The summed E-state index contributed by atoms with van der Waals surface area (Å²) in [5, 5.41) is 12.1. The number of hydrogen-bond donors (Lipinski definition) is 3. The number of carbonyl (C=O) groups is 2. The van der Waals surface area contributed by atoms with E-state index in [1.165, 1.54) is 6.42 Å². The van der Waals surface area contributed by atoms with Crippen LogP contribution in [0.15, 0.2) is 0 Å². The maximum atomic E-state index is 12.1. The van der Waals surface area contributed by atoms with E-state index in [2.05, 4.69) is 5.32 Å². The van der Waals surface area contributed by atoms with Gasteiger partial charge >= 0.3 is 5.97 Å². The Labute approximate surface area is 119 Å². The van der Waals surface area contributed by atoms with Gasteiger partial charge < -0.3 is 20.9 Å². The minimum atomic E-state index is -1.05. The van der Waals surface area contributed by atoms with Crippen molar-refractivity contribution in [3.8, 4) is 0 Å². The van der Waals surface area contributed by atoms with Crippen LogP contribution in [-0.4, -0.2) is 41.8 Å². The molecule has 1 heterocycles. The fraction of sp³-hybridized carbons (Fsp3) is 0.857. The Hall–Kier alpha value is -1.14. The highest BCUT2D eigenvalue weighted by molar-refractivity contribution is 5.81. The van der Waals surface area contributed by atoms with Gasteiger partial charge in [-0.3, -0.25) is 9.59 Å². The molecule has 0 aromatic carbocycles. The van der Waals surface area contributed by atoms with Gasteiger partial charge in [-0.2, -0.15) is 0 Å². The molecule has 20 heavy (non-hydrogen) atoms. The number of ether oxygens (including phenoxy) is 1. The molecule has 114 valence electrons. The molecule has 1 saturated carbocycles. The second kappa shape index (κ2) is 5.69. The van der Waals surface area contributed by atoms with E-state index >= 15 is 0 Å². The number of aliphatic carboxylic acids is 1. The minimum absolute atomic E-state index is 0.126. The number of nitrogens with one attached hydrogen (secondary N) is 1. The molecule has 1 aliphatic carbocycles. The molecule has 4 N–H and O–H groups in total. The van der Waals surface area contributed by atoms with Crippen LogP contribution in [0.1, 0.15) is 45.4 Å². The van der Waals surface area contributed by atoms with Gasteiger partial charge in [0.25, 0.3) is 0 Å². The lowest BCUT2D eigenvalue weighted by molar-refractivity contribution is -0.149. The SMILES string of the molecule is CC1(C(=O)O)COCC1NC(=O)CC1(N)CCCCC1. The van der Waals surface area contributed by atoms with Crippen molar-refractivity contribution in [2.75, 3.05) is 13.2 Å². The molecule has 2 unspecified atom stereocenters. The standard InChI is InChI=1S/C14H24N2O4/c1-13(12(18)19)9-20-8-10(13)16-11(17)7-14(15)5-3-2-4-6-14/h10H,2-9,15H2,1H3,(H,16,17)(H,18,19). The van der Waals surface area contributed by atoms with E-state index in [0.717, 1.165) is 25.7 Å².